The van der Waals surface area contributed by atoms with E-state index in [1.807, 2.05) is 31.2 Å². The van der Waals surface area contributed by atoms with E-state index in [1.165, 1.54) is 22.7 Å². The van der Waals surface area contributed by atoms with Gasteiger partial charge in [0.05, 0.1) is 5.25 Å². The van der Waals surface area contributed by atoms with Gasteiger partial charge < -0.3 is 9.88 Å². The monoisotopic (exact) mass is 421 g/mol. The Kier molecular flexibility index (Phi) is 4.66. The van der Waals surface area contributed by atoms with Crippen LogP contribution < -0.4 is 11.0 Å². The minimum Gasteiger partial charge on any atom is -0.341 e. The molecule has 0 radical (unpaired) electrons. The van der Waals surface area contributed by atoms with Crippen LogP contribution in [0.3, 0.4) is 0 Å². The Bertz CT molecular complexity index is 1310. The maximum atomic E-state index is 12.8. The summed E-state index contributed by atoms with van der Waals surface area (Å²) >= 11 is 1.31. The first-order valence-corrected chi connectivity index (χ1v) is 11.1. The van der Waals surface area contributed by atoms with Crippen molar-refractivity contribution in [2.24, 2.45) is 0 Å². The lowest BCUT2D eigenvalue weighted by Gasteiger charge is -2.12. The summed E-state index contributed by atoms with van der Waals surface area (Å²) in [5, 5.41) is 12.1. The summed E-state index contributed by atoms with van der Waals surface area (Å²) in [6.45, 7) is 4.85. The second kappa shape index (κ2) is 7.36. The van der Waals surface area contributed by atoms with Crippen LogP contribution in [0.1, 0.15) is 32.7 Å². The van der Waals surface area contributed by atoms with E-state index < -0.39 is 0 Å². The number of para-hydroxylation sites is 1. The van der Waals surface area contributed by atoms with Gasteiger partial charge in [-0.05, 0) is 51.0 Å². The van der Waals surface area contributed by atoms with E-state index in [0.717, 1.165) is 36.0 Å². The fraction of sp³-hybridized carbons (Fsp3) is 0.318. The molecule has 0 bridgehead atoms. The molecular formula is C22H23N5O2S. The minimum atomic E-state index is -0.384. The number of amides is 1. The van der Waals surface area contributed by atoms with Crippen LogP contribution in [-0.2, 0) is 11.3 Å². The third kappa shape index (κ3) is 3.21. The molecule has 1 saturated carbocycles. The number of hydrogen-bond acceptors (Lipinski definition) is 4. The van der Waals surface area contributed by atoms with Crippen molar-refractivity contribution in [2.45, 2.75) is 49.7 Å². The number of fused-ring (bicyclic) bond motifs is 3. The number of carbonyl (C=O) groups excluding carboxylic acids is 1. The van der Waals surface area contributed by atoms with Crippen molar-refractivity contribution < 1.29 is 4.79 Å². The van der Waals surface area contributed by atoms with Crippen LogP contribution in [0, 0.1) is 0 Å². The number of nitrogens with zero attached hydrogens (tertiary/aromatic N) is 3. The molecule has 0 aliphatic heterocycles. The highest BCUT2D eigenvalue weighted by atomic mass is 32.2. The molecule has 1 aliphatic rings. The number of nitrogens with one attached hydrogen (secondary N) is 2. The normalized spacial score (nSPS) is 15.0. The van der Waals surface area contributed by atoms with Crippen molar-refractivity contribution in [1.29, 1.82) is 0 Å². The molecule has 1 unspecified atom stereocenters. The summed E-state index contributed by atoms with van der Waals surface area (Å²) in [5.41, 5.74) is 2.91. The molecule has 4 aromatic rings. The number of hydrogen-bond donors (Lipinski definition) is 2. The number of anilines is 1. The molecule has 2 N–H and O–H groups in total. The average Bonchev–Trinajstić information content (AvgIpc) is 3.45. The van der Waals surface area contributed by atoms with Crippen LogP contribution in [0.5, 0.6) is 0 Å². The molecule has 1 amide bonds. The lowest BCUT2D eigenvalue weighted by Crippen LogP contribution is -2.23. The molecule has 1 atom stereocenters. The van der Waals surface area contributed by atoms with Gasteiger partial charge >= 0.3 is 5.69 Å². The number of H-pyrrole nitrogens is 1. The van der Waals surface area contributed by atoms with E-state index >= 15 is 0 Å². The molecule has 154 valence electrons. The zero-order valence-electron chi connectivity index (χ0n) is 16.9. The number of thioether (sulfide) groups is 1. The van der Waals surface area contributed by atoms with E-state index in [2.05, 4.69) is 45.2 Å². The fourth-order valence-electron chi connectivity index (χ4n) is 3.96. The van der Waals surface area contributed by atoms with E-state index in [9.17, 15) is 9.59 Å². The molecular weight excluding hydrogens is 398 g/mol. The second-order valence-electron chi connectivity index (χ2n) is 7.66. The third-order valence-electron chi connectivity index (χ3n) is 5.59. The van der Waals surface area contributed by atoms with Crippen LogP contribution in [0.25, 0.3) is 21.8 Å². The first-order valence-electron chi connectivity index (χ1n) is 10.2. The maximum Gasteiger partial charge on any atom is 0.344 e. The number of aromatic nitrogens is 4. The summed E-state index contributed by atoms with van der Waals surface area (Å²) < 4.78 is 3.95. The fourth-order valence-corrected chi connectivity index (χ4v) is 4.88. The van der Waals surface area contributed by atoms with E-state index in [0.29, 0.717) is 5.16 Å². The van der Waals surface area contributed by atoms with Crippen molar-refractivity contribution in [3.8, 4) is 0 Å². The van der Waals surface area contributed by atoms with Gasteiger partial charge in [0.1, 0.15) is 0 Å². The van der Waals surface area contributed by atoms with Crippen LogP contribution in [0.15, 0.2) is 52.4 Å². The molecule has 2 aromatic heterocycles. The van der Waals surface area contributed by atoms with Gasteiger partial charge in [0, 0.05) is 40.1 Å². The first kappa shape index (κ1) is 19.0. The van der Waals surface area contributed by atoms with Crippen LogP contribution in [0.2, 0.25) is 0 Å². The SMILES string of the molecule is CCn1c2ccccc2c2cc(NC(=O)C(C)Sc3n[nH]c(=O)n3C3CC3)ccc21. The van der Waals surface area contributed by atoms with Crippen molar-refractivity contribution >= 4 is 45.2 Å². The van der Waals surface area contributed by atoms with E-state index in [1.54, 1.807) is 4.57 Å². The van der Waals surface area contributed by atoms with Gasteiger partial charge in [-0.15, -0.1) is 5.10 Å². The van der Waals surface area contributed by atoms with Crippen molar-refractivity contribution in [2.75, 3.05) is 5.32 Å². The Hall–Kier alpha value is -3.00. The first-order chi connectivity index (χ1) is 14.6. The highest BCUT2D eigenvalue weighted by Crippen LogP contribution is 2.37. The predicted molar refractivity (Wildman–Crippen MR) is 120 cm³/mol. The molecule has 2 aromatic carbocycles. The quantitative estimate of drug-likeness (QED) is 0.458. The van der Waals surface area contributed by atoms with Gasteiger partial charge in [-0.2, -0.15) is 0 Å². The summed E-state index contributed by atoms with van der Waals surface area (Å²) in [6.07, 6.45) is 1.97. The van der Waals surface area contributed by atoms with E-state index in [-0.39, 0.29) is 22.9 Å². The molecule has 1 fully saturated rings. The zero-order chi connectivity index (χ0) is 20.8. The van der Waals surface area contributed by atoms with Gasteiger partial charge in [0.2, 0.25) is 5.91 Å². The Labute approximate surface area is 177 Å². The number of aryl methyl sites for hydroxylation is 1. The van der Waals surface area contributed by atoms with Crippen LogP contribution >= 0.6 is 11.8 Å². The lowest BCUT2D eigenvalue weighted by atomic mass is 10.1. The number of aromatic amines is 1. The molecule has 0 saturated heterocycles. The number of rotatable bonds is 6. The Morgan fingerprint density at radius 1 is 1.23 bits per heavy atom. The molecule has 2 heterocycles. The highest BCUT2D eigenvalue weighted by Gasteiger charge is 2.30. The van der Waals surface area contributed by atoms with Crippen molar-refractivity contribution in [3.05, 3.63) is 52.9 Å². The topological polar surface area (TPSA) is 84.7 Å². The van der Waals surface area contributed by atoms with Crippen molar-refractivity contribution in [3.63, 3.8) is 0 Å². The van der Waals surface area contributed by atoms with Crippen LogP contribution in [-0.4, -0.2) is 30.5 Å². The van der Waals surface area contributed by atoms with Gasteiger partial charge in [0.15, 0.2) is 5.16 Å². The van der Waals surface area contributed by atoms with Gasteiger partial charge in [-0.3, -0.25) is 9.36 Å². The molecule has 30 heavy (non-hydrogen) atoms. The molecule has 0 spiro atoms. The van der Waals surface area contributed by atoms with Gasteiger partial charge in [-0.25, -0.2) is 9.89 Å². The number of carbonyl (C=O) groups is 1. The minimum absolute atomic E-state index is 0.114. The summed E-state index contributed by atoms with van der Waals surface area (Å²) in [6, 6.07) is 14.6. The largest absolute Gasteiger partial charge is 0.344 e. The highest BCUT2D eigenvalue weighted by molar-refractivity contribution is 8.00. The molecule has 8 heteroatoms. The van der Waals surface area contributed by atoms with Crippen molar-refractivity contribution in [1.82, 2.24) is 19.3 Å². The standard InChI is InChI=1S/C22H23N5O2S/c1-3-26-18-7-5-4-6-16(18)17-12-14(8-11-19(17)26)23-20(28)13(2)30-22-25-24-21(29)27(22)15-9-10-15/h4-8,11-13,15H,3,9-10H2,1-2H3,(H,23,28)(H,24,29). The predicted octanol–water partition coefficient (Wildman–Crippen LogP) is 4.15. The summed E-state index contributed by atoms with van der Waals surface area (Å²) in [5.74, 6) is -0.114. The Morgan fingerprint density at radius 3 is 2.77 bits per heavy atom. The Balaban J connectivity index is 1.39. The maximum absolute atomic E-state index is 12.8. The van der Waals surface area contributed by atoms with Gasteiger partial charge in [-0.1, -0.05) is 30.0 Å². The molecule has 1 aliphatic carbocycles. The smallest absolute Gasteiger partial charge is 0.341 e. The summed E-state index contributed by atoms with van der Waals surface area (Å²) in [7, 11) is 0. The second-order valence-corrected chi connectivity index (χ2v) is 8.96. The van der Waals surface area contributed by atoms with E-state index in [4.69, 9.17) is 0 Å². The number of benzene rings is 2. The van der Waals surface area contributed by atoms with Crippen LogP contribution in [0.4, 0.5) is 5.69 Å². The molecule has 5 rings (SSSR count). The lowest BCUT2D eigenvalue weighted by molar-refractivity contribution is -0.115. The average molecular weight is 422 g/mol. The summed E-state index contributed by atoms with van der Waals surface area (Å²) in [4.78, 5) is 24.8. The molecule has 7 nitrogen and oxygen atoms in total. The Morgan fingerprint density at radius 2 is 2.00 bits per heavy atom. The third-order valence-corrected chi connectivity index (χ3v) is 6.66. The van der Waals surface area contributed by atoms with Gasteiger partial charge in [0.25, 0.3) is 0 Å². The zero-order valence-corrected chi connectivity index (χ0v) is 17.7.